The number of alkyl halides is 3. The van der Waals surface area contributed by atoms with E-state index in [1.165, 1.54) is 10.4 Å². The van der Waals surface area contributed by atoms with E-state index in [1.54, 1.807) is 30.5 Å². The first-order valence-corrected chi connectivity index (χ1v) is 14.4. The highest BCUT2D eigenvalue weighted by Crippen LogP contribution is 2.30. The Morgan fingerprint density at radius 3 is 2.30 bits per heavy atom. The van der Waals surface area contributed by atoms with Gasteiger partial charge in [0.2, 0.25) is 10.0 Å². The molecule has 0 radical (unpaired) electrons. The van der Waals surface area contributed by atoms with Crippen molar-refractivity contribution < 1.29 is 26.7 Å². The molecule has 2 aromatic heterocycles. The molecule has 1 aromatic carbocycles. The predicted octanol–water partition coefficient (Wildman–Crippen LogP) is 3.15. The zero-order valence-electron chi connectivity index (χ0n) is 21.9. The molecular formula is C27H31F3N6O3S. The number of anilines is 2. The minimum absolute atomic E-state index is 0.113. The number of aromatic nitrogens is 2. The lowest BCUT2D eigenvalue weighted by Gasteiger charge is -2.35. The molecule has 3 aromatic rings. The summed E-state index contributed by atoms with van der Waals surface area (Å²) >= 11 is 0. The summed E-state index contributed by atoms with van der Waals surface area (Å²) in [7, 11) is -1.77. The van der Waals surface area contributed by atoms with Crippen molar-refractivity contribution in [3.63, 3.8) is 0 Å². The van der Waals surface area contributed by atoms with Gasteiger partial charge in [-0.15, -0.1) is 0 Å². The van der Waals surface area contributed by atoms with Gasteiger partial charge in [0.1, 0.15) is 5.82 Å². The number of hydrogen-bond donors (Lipinski definition) is 2. The van der Waals surface area contributed by atoms with Crippen molar-refractivity contribution in [3.8, 4) is 11.1 Å². The van der Waals surface area contributed by atoms with Crippen LogP contribution in [-0.4, -0.2) is 91.2 Å². The summed E-state index contributed by atoms with van der Waals surface area (Å²) in [5.74, 6) is 0.176. The van der Waals surface area contributed by atoms with E-state index in [4.69, 9.17) is 0 Å². The third kappa shape index (κ3) is 6.22. The number of likely N-dealkylation sites (N-methyl/N-ethyl adjacent to an activating group) is 1. The fraction of sp³-hybridized carbons (Fsp3) is 0.407. The van der Waals surface area contributed by atoms with Crippen LogP contribution in [0.15, 0.2) is 66.0 Å². The molecule has 5 rings (SSSR count). The number of nitrogens with one attached hydrogen (secondary N) is 1. The van der Waals surface area contributed by atoms with Crippen molar-refractivity contribution in [2.75, 3.05) is 56.5 Å². The van der Waals surface area contributed by atoms with Crippen molar-refractivity contribution in [2.24, 2.45) is 0 Å². The Morgan fingerprint density at radius 2 is 1.68 bits per heavy atom. The lowest BCUT2D eigenvalue weighted by Crippen LogP contribution is -2.51. The molecule has 2 fully saturated rings. The minimum Gasteiger partial charge on any atom is -0.390 e. The number of aliphatic hydroxyl groups is 1. The summed E-state index contributed by atoms with van der Waals surface area (Å²) in [6.45, 7) is 3.76. The number of rotatable bonds is 6. The number of β-amino-alcohol motifs (C(OH)–C–C–N with tert-alkyl or cyclic N) is 1. The highest BCUT2D eigenvalue weighted by atomic mass is 32.2. The zero-order valence-corrected chi connectivity index (χ0v) is 22.7. The van der Waals surface area contributed by atoms with E-state index in [-0.39, 0.29) is 30.2 Å². The van der Waals surface area contributed by atoms with Gasteiger partial charge in [-0.3, -0.25) is 4.98 Å². The summed E-state index contributed by atoms with van der Waals surface area (Å²) < 4.78 is 66.2. The highest BCUT2D eigenvalue weighted by Gasteiger charge is 2.35. The average molecular weight is 577 g/mol. The van der Waals surface area contributed by atoms with Crippen molar-refractivity contribution in [2.45, 2.75) is 29.6 Å². The lowest BCUT2D eigenvalue weighted by atomic mass is 10.0. The standard InChI is InChI=1S/C27H31F3N6O3S/c1-34-10-12-35(13-11-34)22-14-20(15-31-17-22)19-2-5-23(6-3-19)40(38,39)36-9-8-24(25(37)18-36)33-26-7-4-21(16-32-26)27(28,29)30/h2-7,14-17,24-25,37H,8-13,18H2,1H3,(H,32,33)/t24-,25+/m1/s1. The highest BCUT2D eigenvalue weighted by molar-refractivity contribution is 7.89. The van der Waals surface area contributed by atoms with Gasteiger partial charge in [-0.1, -0.05) is 12.1 Å². The maximum absolute atomic E-state index is 13.3. The monoisotopic (exact) mass is 576 g/mol. The molecule has 0 aliphatic carbocycles. The molecule has 0 spiro atoms. The van der Waals surface area contributed by atoms with Gasteiger partial charge in [-0.2, -0.15) is 17.5 Å². The van der Waals surface area contributed by atoms with Gasteiger partial charge < -0.3 is 20.2 Å². The first kappa shape index (κ1) is 28.3. The van der Waals surface area contributed by atoms with Gasteiger partial charge in [0.25, 0.3) is 0 Å². The number of piperazine rings is 1. The van der Waals surface area contributed by atoms with Crippen LogP contribution in [0.25, 0.3) is 11.1 Å². The second-order valence-corrected chi connectivity index (χ2v) is 12.1. The largest absolute Gasteiger partial charge is 0.417 e. The number of pyridine rings is 2. The Bertz CT molecular complexity index is 1410. The second kappa shape index (κ2) is 11.3. The molecular weight excluding hydrogens is 545 g/mol. The number of sulfonamides is 1. The second-order valence-electron chi connectivity index (χ2n) is 10.1. The number of piperidine rings is 1. The molecule has 0 unspecified atom stereocenters. The van der Waals surface area contributed by atoms with Crippen molar-refractivity contribution in [1.82, 2.24) is 19.2 Å². The van der Waals surface area contributed by atoms with Crippen LogP contribution in [-0.2, 0) is 16.2 Å². The Kier molecular flexibility index (Phi) is 8.00. The van der Waals surface area contributed by atoms with Crippen LogP contribution < -0.4 is 10.2 Å². The fourth-order valence-electron chi connectivity index (χ4n) is 4.92. The molecule has 2 N–H and O–H groups in total. The first-order valence-electron chi connectivity index (χ1n) is 13.0. The molecule has 2 atom stereocenters. The van der Waals surface area contributed by atoms with E-state index in [2.05, 4.69) is 38.2 Å². The van der Waals surface area contributed by atoms with Crippen molar-refractivity contribution >= 4 is 21.5 Å². The van der Waals surface area contributed by atoms with Crippen LogP contribution in [0, 0.1) is 0 Å². The number of aliphatic hydroxyl groups excluding tert-OH is 1. The molecule has 4 heterocycles. The van der Waals surface area contributed by atoms with Crippen LogP contribution in [0.5, 0.6) is 0 Å². The minimum atomic E-state index is -4.49. The fourth-order valence-corrected chi connectivity index (χ4v) is 6.39. The SMILES string of the molecule is CN1CCN(c2cncc(-c3ccc(S(=O)(=O)N4CC[C@@H](Nc5ccc(C(F)(F)F)cn5)[C@@H](O)C4)cc3)c2)CC1. The molecule has 2 aliphatic rings. The Hall–Kier alpha value is -3.26. The van der Waals surface area contributed by atoms with Gasteiger partial charge in [-0.05, 0) is 49.4 Å². The molecule has 0 saturated carbocycles. The van der Waals surface area contributed by atoms with Crippen molar-refractivity contribution in [3.05, 3.63) is 66.6 Å². The van der Waals surface area contributed by atoms with Gasteiger partial charge in [-0.25, -0.2) is 13.4 Å². The molecule has 9 nitrogen and oxygen atoms in total. The summed E-state index contributed by atoms with van der Waals surface area (Å²) in [4.78, 5) is 12.8. The van der Waals surface area contributed by atoms with Crippen LogP contribution in [0.2, 0.25) is 0 Å². The maximum Gasteiger partial charge on any atom is 0.417 e. The van der Waals surface area contributed by atoms with Crippen LogP contribution in [0.3, 0.4) is 0 Å². The van der Waals surface area contributed by atoms with E-state index in [9.17, 15) is 26.7 Å². The Labute approximate surface area is 231 Å². The third-order valence-corrected chi connectivity index (χ3v) is 9.27. The van der Waals surface area contributed by atoms with Gasteiger partial charge >= 0.3 is 6.18 Å². The van der Waals surface area contributed by atoms with E-state index < -0.39 is 33.9 Å². The summed E-state index contributed by atoms with van der Waals surface area (Å²) in [5, 5.41) is 13.6. The molecule has 13 heteroatoms. The number of halogens is 3. The van der Waals surface area contributed by atoms with E-state index in [0.29, 0.717) is 0 Å². The molecule has 2 saturated heterocycles. The molecule has 40 heavy (non-hydrogen) atoms. The molecule has 2 aliphatic heterocycles. The van der Waals surface area contributed by atoms with Crippen LogP contribution in [0.4, 0.5) is 24.7 Å². The third-order valence-electron chi connectivity index (χ3n) is 7.39. The first-order chi connectivity index (χ1) is 19.0. The normalized spacial score (nSPS) is 21.4. The Balaban J connectivity index is 1.22. The summed E-state index contributed by atoms with van der Waals surface area (Å²) in [6.07, 6.45) is -1.000. The lowest BCUT2D eigenvalue weighted by molar-refractivity contribution is -0.137. The average Bonchev–Trinajstić information content (AvgIpc) is 2.94. The smallest absolute Gasteiger partial charge is 0.390 e. The molecule has 0 amide bonds. The van der Waals surface area contributed by atoms with Crippen LogP contribution in [0.1, 0.15) is 12.0 Å². The summed E-state index contributed by atoms with van der Waals surface area (Å²) in [5.41, 5.74) is 1.89. The van der Waals surface area contributed by atoms with E-state index in [1.807, 2.05) is 6.20 Å². The molecule has 214 valence electrons. The zero-order chi connectivity index (χ0) is 28.5. The number of hydrogen-bond acceptors (Lipinski definition) is 8. The predicted molar refractivity (Wildman–Crippen MR) is 145 cm³/mol. The Morgan fingerprint density at radius 1 is 0.950 bits per heavy atom. The van der Waals surface area contributed by atoms with E-state index >= 15 is 0 Å². The topological polar surface area (TPSA) is 102 Å². The number of benzene rings is 1. The van der Waals surface area contributed by atoms with Gasteiger partial charge in [0, 0.05) is 57.2 Å². The maximum atomic E-state index is 13.3. The van der Waals surface area contributed by atoms with E-state index in [0.717, 1.165) is 55.3 Å². The molecule has 0 bridgehead atoms. The van der Waals surface area contributed by atoms with Crippen LogP contribution >= 0.6 is 0 Å². The summed E-state index contributed by atoms with van der Waals surface area (Å²) in [6, 6.07) is 10.2. The quantitative estimate of drug-likeness (QED) is 0.462. The van der Waals surface area contributed by atoms with Gasteiger partial charge in [0.05, 0.1) is 34.5 Å². The number of nitrogens with zero attached hydrogens (tertiary/aromatic N) is 5. The van der Waals surface area contributed by atoms with Crippen molar-refractivity contribution in [1.29, 1.82) is 0 Å². The van der Waals surface area contributed by atoms with Gasteiger partial charge in [0.15, 0.2) is 0 Å².